The summed E-state index contributed by atoms with van der Waals surface area (Å²) < 4.78 is 1.86. The van der Waals surface area contributed by atoms with E-state index in [0.29, 0.717) is 0 Å². The zero-order valence-electron chi connectivity index (χ0n) is 12.6. The van der Waals surface area contributed by atoms with Gasteiger partial charge in [0.25, 0.3) is 0 Å². The Morgan fingerprint density at radius 1 is 1.00 bits per heavy atom. The Bertz CT molecular complexity index is 748. The second-order valence-electron chi connectivity index (χ2n) is 4.63. The van der Waals surface area contributed by atoms with E-state index in [-0.39, 0.29) is 41.1 Å². The molecule has 104 valence electrons. The van der Waals surface area contributed by atoms with E-state index in [0.717, 1.165) is 22.4 Å². The molecule has 3 nitrogen and oxygen atoms in total. The van der Waals surface area contributed by atoms with Crippen LogP contribution in [0.4, 0.5) is 0 Å². The van der Waals surface area contributed by atoms with Gasteiger partial charge in [-0.15, -0.1) is 22.4 Å². The Balaban J connectivity index is 0.00000121. The van der Waals surface area contributed by atoms with E-state index in [4.69, 9.17) is 0 Å². The fraction of sp³-hybridized carbons (Fsp3) is 0.118. The van der Waals surface area contributed by atoms with E-state index in [1.54, 1.807) is 12.4 Å². The molecule has 0 saturated carbocycles. The molecule has 0 bridgehead atoms. The van der Waals surface area contributed by atoms with E-state index >= 15 is 0 Å². The Morgan fingerprint density at radius 2 is 1.77 bits per heavy atom. The Morgan fingerprint density at radius 3 is 2.45 bits per heavy atom. The van der Waals surface area contributed by atoms with E-state index in [9.17, 15) is 0 Å². The normalized spacial score (nSPS) is 9.55. The summed E-state index contributed by atoms with van der Waals surface area (Å²) in [6, 6.07) is 15.5. The van der Waals surface area contributed by atoms with Gasteiger partial charge in [0.1, 0.15) is 0 Å². The van der Waals surface area contributed by atoms with Gasteiger partial charge in [-0.1, -0.05) is 24.9 Å². The summed E-state index contributed by atoms with van der Waals surface area (Å²) in [5.74, 6) is 0. The van der Waals surface area contributed by atoms with Gasteiger partial charge >= 0.3 is 0 Å². The van der Waals surface area contributed by atoms with Crippen LogP contribution >= 0.6 is 0 Å². The minimum absolute atomic E-state index is 0. The molecule has 0 aliphatic rings. The topological polar surface area (TPSA) is 29.7 Å². The van der Waals surface area contributed by atoms with Crippen LogP contribution in [0.15, 0.2) is 48.8 Å². The fourth-order valence-corrected chi connectivity index (χ4v) is 2.15. The Labute approximate surface area is 158 Å². The average Bonchev–Trinajstić information content (AvgIpc) is 2.49. The second-order valence-corrected chi connectivity index (χ2v) is 4.63. The van der Waals surface area contributed by atoms with Crippen LogP contribution in [0.1, 0.15) is 5.56 Å². The molecule has 0 fully saturated rings. The number of pyridine rings is 1. The first kappa shape index (κ1) is 18.7. The van der Waals surface area contributed by atoms with Crippen molar-refractivity contribution in [2.24, 2.45) is 7.05 Å². The van der Waals surface area contributed by atoms with Crippen LogP contribution in [-0.2, 0) is 39.8 Å². The minimum atomic E-state index is 0. The average molecular weight is 360 g/mol. The summed E-state index contributed by atoms with van der Waals surface area (Å²) in [7, 11) is 1.94. The molecule has 5 heteroatoms. The molecule has 22 heavy (non-hydrogen) atoms. The SMILES string of the molecule is Cc1ccc(-c2[c-]nccc2)[c-]c1-c1cccn[n+]1C.[B].[Y]. The van der Waals surface area contributed by atoms with E-state index in [1.807, 2.05) is 42.1 Å². The Hall–Kier alpha value is -1.38. The van der Waals surface area contributed by atoms with Crippen molar-refractivity contribution < 1.29 is 37.4 Å². The minimum Gasteiger partial charge on any atom is -0.369 e. The van der Waals surface area contributed by atoms with Crippen LogP contribution in [0.25, 0.3) is 22.4 Å². The van der Waals surface area contributed by atoms with Crippen molar-refractivity contribution >= 4 is 8.41 Å². The number of rotatable bonds is 2. The fourth-order valence-electron chi connectivity index (χ4n) is 2.15. The molecule has 0 unspecified atom stereocenters. The largest absolute Gasteiger partial charge is 0.369 e. The maximum atomic E-state index is 4.28. The second kappa shape index (κ2) is 8.30. The van der Waals surface area contributed by atoms with Gasteiger partial charge in [0, 0.05) is 41.1 Å². The van der Waals surface area contributed by atoms with Gasteiger partial charge in [0.05, 0.1) is 6.20 Å². The molecule has 0 aliphatic heterocycles. The smallest absolute Gasteiger partial charge is 0.175 e. The van der Waals surface area contributed by atoms with Crippen LogP contribution in [0.3, 0.4) is 0 Å². The third-order valence-corrected chi connectivity index (χ3v) is 3.24. The predicted molar refractivity (Wildman–Crippen MR) is 82.2 cm³/mol. The summed E-state index contributed by atoms with van der Waals surface area (Å²) in [5.41, 5.74) is 5.19. The third-order valence-electron chi connectivity index (χ3n) is 3.24. The van der Waals surface area contributed by atoms with Crippen molar-refractivity contribution in [2.75, 3.05) is 0 Å². The first-order valence-corrected chi connectivity index (χ1v) is 6.43. The van der Waals surface area contributed by atoms with Gasteiger partial charge in [-0.05, 0) is 17.2 Å². The van der Waals surface area contributed by atoms with Gasteiger partial charge in [0.15, 0.2) is 12.7 Å². The van der Waals surface area contributed by atoms with Gasteiger partial charge in [-0.3, -0.25) is 0 Å². The molecule has 2 aromatic heterocycles. The molecule has 0 saturated heterocycles. The maximum Gasteiger partial charge on any atom is 0.175 e. The van der Waals surface area contributed by atoms with Crippen molar-refractivity contribution in [3.8, 4) is 22.4 Å². The molecular formula is C17H14BN3Y-. The van der Waals surface area contributed by atoms with Crippen molar-refractivity contribution in [1.29, 1.82) is 0 Å². The van der Waals surface area contributed by atoms with Crippen LogP contribution in [0, 0.1) is 19.2 Å². The van der Waals surface area contributed by atoms with Gasteiger partial charge in [-0.25, -0.2) is 0 Å². The molecule has 0 spiro atoms. The molecule has 1 aromatic carbocycles. The molecule has 0 N–H and O–H groups in total. The van der Waals surface area contributed by atoms with Crippen molar-refractivity contribution in [1.82, 2.24) is 10.1 Å². The summed E-state index contributed by atoms with van der Waals surface area (Å²) in [6.45, 7) is 2.08. The standard InChI is InChI=1S/C17H14N3.B.Y/c1-13-7-8-14(15-5-3-9-18-12-15)11-16(13)17-6-4-10-19-20(17)2;;/h3-10H,1-2H3;;/q-1;;. The van der Waals surface area contributed by atoms with Crippen molar-refractivity contribution in [3.63, 3.8) is 0 Å². The van der Waals surface area contributed by atoms with Crippen molar-refractivity contribution in [2.45, 2.75) is 6.92 Å². The molecule has 4 radical (unpaired) electrons. The number of aromatic nitrogens is 3. The van der Waals surface area contributed by atoms with Gasteiger partial charge < -0.3 is 4.98 Å². The van der Waals surface area contributed by atoms with E-state index in [2.05, 4.69) is 35.3 Å². The monoisotopic (exact) mass is 360 g/mol. The van der Waals surface area contributed by atoms with E-state index in [1.165, 1.54) is 5.56 Å². The first-order chi connectivity index (χ1) is 9.75. The van der Waals surface area contributed by atoms with E-state index < -0.39 is 0 Å². The van der Waals surface area contributed by atoms with Crippen LogP contribution in [0.2, 0.25) is 0 Å². The summed E-state index contributed by atoms with van der Waals surface area (Å²) in [4.78, 5) is 4.04. The molecule has 3 rings (SSSR count). The number of nitrogens with zero attached hydrogens (tertiary/aromatic N) is 3. The molecule has 0 amide bonds. The maximum absolute atomic E-state index is 4.28. The van der Waals surface area contributed by atoms with Crippen LogP contribution in [0.5, 0.6) is 0 Å². The molecule has 0 aliphatic carbocycles. The zero-order valence-corrected chi connectivity index (χ0v) is 15.5. The molecule has 0 atom stereocenters. The Kier molecular flexibility index (Phi) is 7.05. The summed E-state index contributed by atoms with van der Waals surface area (Å²) >= 11 is 0. The molecule has 3 aromatic rings. The summed E-state index contributed by atoms with van der Waals surface area (Å²) in [5, 5.41) is 4.28. The number of hydrogen-bond donors (Lipinski definition) is 0. The summed E-state index contributed by atoms with van der Waals surface area (Å²) in [6.07, 6.45) is 6.49. The number of aryl methyl sites for hydroxylation is 2. The van der Waals surface area contributed by atoms with Crippen LogP contribution in [-0.4, -0.2) is 18.5 Å². The predicted octanol–water partition coefficient (Wildman–Crippen LogP) is 2.16. The molecule has 2 heterocycles. The van der Waals surface area contributed by atoms with Crippen molar-refractivity contribution in [3.05, 3.63) is 66.6 Å². The van der Waals surface area contributed by atoms with Crippen LogP contribution < -0.4 is 4.68 Å². The molecular weight excluding hydrogens is 346 g/mol. The first-order valence-electron chi connectivity index (χ1n) is 6.43. The van der Waals surface area contributed by atoms with Gasteiger partial charge in [0.2, 0.25) is 0 Å². The third kappa shape index (κ3) is 3.88. The quantitative estimate of drug-likeness (QED) is 0.398. The number of hydrogen-bond acceptors (Lipinski definition) is 2. The van der Waals surface area contributed by atoms with Gasteiger partial charge in [-0.2, -0.15) is 29.3 Å². The zero-order chi connectivity index (χ0) is 13.9. The number of benzene rings is 1.